The number of rotatable bonds is 2. The quantitative estimate of drug-likeness (QED) is 0.746. The minimum Gasteiger partial charge on any atom is -0.348 e. The number of amides is 1. The van der Waals surface area contributed by atoms with Crippen LogP contribution >= 0.6 is 0 Å². The van der Waals surface area contributed by atoms with Crippen LogP contribution < -0.4 is 5.32 Å². The molecule has 14 heavy (non-hydrogen) atoms. The monoisotopic (exact) mass is 187 g/mol. The van der Waals surface area contributed by atoms with Crippen LogP contribution in [0.1, 0.15) is 28.9 Å². The summed E-state index contributed by atoms with van der Waals surface area (Å²) < 4.78 is 0. The van der Waals surface area contributed by atoms with Crippen LogP contribution in [-0.2, 0) is 0 Å². The molecule has 1 aromatic heterocycles. The minimum absolute atomic E-state index is 0.190. The Morgan fingerprint density at radius 1 is 1.64 bits per heavy atom. The van der Waals surface area contributed by atoms with Gasteiger partial charge in [0, 0.05) is 12.2 Å². The van der Waals surface area contributed by atoms with Crippen molar-refractivity contribution in [2.45, 2.75) is 18.9 Å². The molecule has 1 aromatic rings. The Bertz CT molecular complexity index is 404. The molecule has 0 unspecified atom stereocenters. The van der Waals surface area contributed by atoms with Crippen molar-refractivity contribution in [3.63, 3.8) is 0 Å². The summed E-state index contributed by atoms with van der Waals surface area (Å²) in [4.78, 5) is 15.4. The van der Waals surface area contributed by atoms with Gasteiger partial charge >= 0.3 is 0 Å². The van der Waals surface area contributed by atoms with Gasteiger partial charge in [0.05, 0.1) is 11.6 Å². The van der Waals surface area contributed by atoms with Gasteiger partial charge in [0.25, 0.3) is 5.91 Å². The molecule has 0 bridgehead atoms. The fraction of sp³-hybridized carbons (Fsp3) is 0.300. The van der Waals surface area contributed by atoms with E-state index in [0.29, 0.717) is 17.3 Å². The van der Waals surface area contributed by atoms with Crippen molar-refractivity contribution in [3.05, 3.63) is 29.6 Å². The average Bonchev–Trinajstić information content (AvgIpc) is 3.02. The molecule has 1 aliphatic carbocycles. The van der Waals surface area contributed by atoms with Gasteiger partial charge in [-0.25, -0.2) is 0 Å². The number of nitriles is 1. The molecular weight excluding hydrogens is 178 g/mol. The molecule has 1 fully saturated rings. The largest absolute Gasteiger partial charge is 0.348 e. The van der Waals surface area contributed by atoms with Crippen LogP contribution in [0.25, 0.3) is 0 Å². The second-order valence-electron chi connectivity index (χ2n) is 3.29. The molecule has 0 radical (unpaired) electrons. The molecule has 70 valence electrons. The fourth-order valence-electron chi connectivity index (χ4n) is 1.11. The highest BCUT2D eigenvalue weighted by Gasteiger charge is 2.24. The highest BCUT2D eigenvalue weighted by atomic mass is 16.2. The molecule has 0 atom stereocenters. The Morgan fingerprint density at radius 3 is 3.07 bits per heavy atom. The lowest BCUT2D eigenvalue weighted by Crippen LogP contribution is -2.26. The predicted octanol–water partition coefficient (Wildman–Crippen LogP) is 0.845. The molecule has 0 spiro atoms. The van der Waals surface area contributed by atoms with Crippen molar-refractivity contribution in [1.29, 1.82) is 5.26 Å². The lowest BCUT2D eigenvalue weighted by molar-refractivity contribution is 0.0946. The third-order valence-corrected chi connectivity index (χ3v) is 2.03. The minimum atomic E-state index is -0.190. The Morgan fingerprint density at radius 2 is 2.43 bits per heavy atom. The normalized spacial score (nSPS) is 14.5. The molecule has 1 heterocycles. The summed E-state index contributed by atoms with van der Waals surface area (Å²) in [5, 5.41) is 11.4. The molecular formula is C10H9N3O. The first kappa shape index (κ1) is 8.70. The highest BCUT2D eigenvalue weighted by molar-refractivity contribution is 5.92. The molecule has 2 rings (SSSR count). The van der Waals surface area contributed by atoms with Gasteiger partial charge in [-0.15, -0.1) is 0 Å². The van der Waals surface area contributed by atoms with Gasteiger partial charge in [-0.1, -0.05) is 0 Å². The summed E-state index contributed by atoms with van der Waals surface area (Å²) in [5.41, 5.74) is 0.775. The summed E-state index contributed by atoms with van der Waals surface area (Å²) in [6.07, 6.45) is 3.56. The Balaban J connectivity index is 2.14. The van der Waals surface area contributed by atoms with Crippen molar-refractivity contribution >= 4 is 5.91 Å². The molecule has 1 aliphatic rings. The first-order chi connectivity index (χ1) is 6.79. The Hall–Kier alpha value is -1.89. The standard InChI is InChI=1S/C10H9N3O/c11-6-7-3-4-12-9(5-7)10(14)13-8-1-2-8/h3-5,8H,1-2H2,(H,13,14). The number of carbonyl (C=O) groups excluding carboxylic acids is 1. The maximum atomic E-state index is 11.5. The number of nitrogens with one attached hydrogen (secondary N) is 1. The SMILES string of the molecule is N#Cc1ccnc(C(=O)NC2CC2)c1. The van der Waals surface area contributed by atoms with Crippen LogP contribution in [0.3, 0.4) is 0 Å². The van der Waals surface area contributed by atoms with Gasteiger partial charge < -0.3 is 5.32 Å². The van der Waals surface area contributed by atoms with E-state index in [0.717, 1.165) is 12.8 Å². The number of hydrogen-bond donors (Lipinski definition) is 1. The van der Waals surface area contributed by atoms with Crippen molar-refractivity contribution in [2.24, 2.45) is 0 Å². The highest BCUT2D eigenvalue weighted by Crippen LogP contribution is 2.19. The van der Waals surface area contributed by atoms with E-state index in [1.165, 1.54) is 12.3 Å². The molecule has 1 N–H and O–H groups in total. The van der Waals surface area contributed by atoms with Gasteiger partial charge in [0.2, 0.25) is 0 Å². The van der Waals surface area contributed by atoms with E-state index in [4.69, 9.17) is 5.26 Å². The van der Waals surface area contributed by atoms with E-state index in [-0.39, 0.29) is 5.91 Å². The van der Waals surface area contributed by atoms with Crippen LogP contribution in [0, 0.1) is 11.3 Å². The summed E-state index contributed by atoms with van der Waals surface area (Å²) in [5.74, 6) is -0.190. The zero-order valence-electron chi connectivity index (χ0n) is 7.53. The number of nitrogens with zero attached hydrogens (tertiary/aromatic N) is 2. The lowest BCUT2D eigenvalue weighted by Gasteiger charge is -2.01. The molecule has 0 aromatic carbocycles. The third kappa shape index (κ3) is 1.88. The van der Waals surface area contributed by atoms with E-state index >= 15 is 0 Å². The van der Waals surface area contributed by atoms with Gasteiger partial charge in [-0.3, -0.25) is 9.78 Å². The van der Waals surface area contributed by atoms with Gasteiger partial charge in [-0.2, -0.15) is 5.26 Å². The van der Waals surface area contributed by atoms with Crippen molar-refractivity contribution in [1.82, 2.24) is 10.3 Å². The average molecular weight is 187 g/mol. The van der Waals surface area contributed by atoms with Crippen molar-refractivity contribution in [2.75, 3.05) is 0 Å². The number of hydrogen-bond acceptors (Lipinski definition) is 3. The maximum absolute atomic E-state index is 11.5. The van der Waals surface area contributed by atoms with Crippen LogP contribution in [-0.4, -0.2) is 16.9 Å². The molecule has 1 amide bonds. The fourth-order valence-corrected chi connectivity index (χ4v) is 1.11. The zero-order valence-corrected chi connectivity index (χ0v) is 7.53. The maximum Gasteiger partial charge on any atom is 0.270 e. The molecule has 4 heteroatoms. The van der Waals surface area contributed by atoms with E-state index in [9.17, 15) is 4.79 Å². The van der Waals surface area contributed by atoms with Crippen LogP contribution in [0.15, 0.2) is 18.3 Å². The number of carbonyl (C=O) groups is 1. The third-order valence-electron chi connectivity index (χ3n) is 2.03. The van der Waals surface area contributed by atoms with E-state index in [1.807, 2.05) is 6.07 Å². The molecule has 0 aliphatic heterocycles. The van der Waals surface area contributed by atoms with Crippen molar-refractivity contribution in [3.8, 4) is 6.07 Å². The van der Waals surface area contributed by atoms with Crippen molar-refractivity contribution < 1.29 is 4.79 Å². The van der Waals surface area contributed by atoms with E-state index < -0.39 is 0 Å². The van der Waals surface area contributed by atoms with E-state index in [1.54, 1.807) is 6.07 Å². The number of aromatic nitrogens is 1. The van der Waals surface area contributed by atoms with Gasteiger partial charge in [0.15, 0.2) is 0 Å². The van der Waals surface area contributed by atoms with Crippen LogP contribution in [0.4, 0.5) is 0 Å². The molecule has 0 saturated heterocycles. The second-order valence-corrected chi connectivity index (χ2v) is 3.29. The molecule has 1 saturated carbocycles. The van der Waals surface area contributed by atoms with Gasteiger partial charge in [-0.05, 0) is 25.0 Å². The zero-order chi connectivity index (χ0) is 9.97. The lowest BCUT2D eigenvalue weighted by atomic mass is 10.2. The summed E-state index contributed by atoms with van der Waals surface area (Å²) >= 11 is 0. The second kappa shape index (κ2) is 3.46. The predicted molar refractivity (Wildman–Crippen MR) is 49.4 cm³/mol. The first-order valence-corrected chi connectivity index (χ1v) is 4.46. The first-order valence-electron chi connectivity index (χ1n) is 4.46. The summed E-state index contributed by atoms with van der Waals surface area (Å²) in [6.45, 7) is 0. The summed E-state index contributed by atoms with van der Waals surface area (Å²) in [7, 11) is 0. The summed E-state index contributed by atoms with van der Waals surface area (Å²) in [6, 6.07) is 5.36. The molecule has 4 nitrogen and oxygen atoms in total. The smallest absolute Gasteiger partial charge is 0.270 e. The Kier molecular flexibility index (Phi) is 2.15. The van der Waals surface area contributed by atoms with Gasteiger partial charge in [0.1, 0.15) is 5.69 Å². The number of pyridine rings is 1. The van der Waals surface area contributed by atoms with Crippen LogP contribution in [0.5, 0.6) is 0 Å². The van der Waals surface area contributed by atoms with E-state index in [2.05, 4.69) is 10.3 Å². The Labute approximate surface area is 81.6 Å². The van der Waals surface area contributed by atoms with Crippen LogP contribution in [0.2, 0.25) is 0 Å². The topological polar surface area (TPSA) is 65.8 Å².